The van der Waals surface area contributed by atoms with Crippen molar-refractivity contribution in [2.45, 2.75) is 52.6 Å². The van der Waals surface area contributed by atoms with Crippen LogP contribution < -0.4 is 5.73 Å². The van der Waals surface area contributed by atoms with Crippen molar-refractivity contribution in [3.63, 3.8) is 0 Å². The van der Waals surface area contributed by atoms with Gasteiger partial charge in [-0.25, -0.2) is 0 Å². The highest BCUT2D eigenvalue weighted by Crippen LogP contribution is 2.22. The molecule has 2 rings (SSSR count). The second-order valence-electron chi connectivity index (χ2n) is 6.87. The first-order chi connectivity index (χ1) is 12.0. The lowest BCUT2D eigenvalue weighted by Crippen LogP contribution is -2.10. The Morgan fingerprint density at radius 2 is 1.96 bits per heavy atom. The number of carbonyl (C=O) groups is 1. The number of primary amides is 1. The van der Waals surface area contributed by atoms with E-state index in [4.69, 9.17) is 14.9 Å². The predicted molar refractivity (Wildman–Crippen MR) is 99.2 cm³/mol. The van der Waals surface area contributed by atoms with Crippen LogP contribution in [-0.2, 0) is 35.4 Å². The monoisotopic (exact) mass is 343 g/mol. The molecule has 136 valence electrons. The Labute approximate surface area is 150 Å². The number of hydrogen-bond acceptors (Lipinski definition) is 3. The number of rotatable bonds is 11. The minimum absolute atomic E-state index is 0.294. The molecule has 0 aliphatic heterocycles. The largest absolute Gasteiger partial charge is 0.466 e. The molecule has 0 atom stereocenters. The van der Waals surface area contributed by atoms with Gasteiger partial charge in [0.25, 0.3) is 0 Å². The van der Waals surface area contributed by atoms with E-state index in [1.165, 1.54) is 11.1 Å². The van der Waals surface area contributed by atoms with Gasteiger partial charge in [0, 0.05) is 25.9 Å². The molecular formula is C21H29NO3. The maximum Gasteiger partial charge on any atom is 0.217 e. The van der Waals surface area contributed by atoms with Crippen LogP contribution in [-0.4, -0.2) is 12.5 Å². The van der Waals surface area contributed by atoms with Crippen LogP contribution in [0.2, 0.25) is 0 Å². The third-order valence-electron chi connectivity index (χ3n) is 4.01. The van der Waals surface area contributed by atoms with E-state index in [0.717, 1.165) is 37.4 Å². The third-order valence-corrected chi connectivity index (χ3v) is 4.01. The summed E-state index contributed by atoms with van der Waals surface area (Å²) in [4.78, 5) is 11.0. The fourth-order valence-corrected chi connectivity index (χ4v) is 2.78. The second kappa shape index (κ2) is 10.0. The van der Waals surface area contributed by atoms with Gasteiger partial charge in [-0.15, -0.1) is 0 Å². The molecule has 0 aliphatic carbocycles. The second-order valence-corrected chi connectivity index (χ2v) is 6.87. The van der Waals surface area contributed by atoms with Crippen LogP contribution in [0.4, 0.5) is 0 Å². The smallest absolute Gasteiger partial charge is 0.217 e. The molecular weight excluding hydrogens is 314 g/mol. The van der Waals surface area contributed by atoms with E-state index >= 15 is 0 Å². The molecule has 0 unspecified atom stereocenters. The standard InChI is InChI=1S/C21H29NO3/c1-16(2)13-20-18(14-19(25-20)10-11-21(22)23)9-6-12-24-15-17-7-4-3-5-8-17/h3-5,7-8,14,16H,6,9-13,15H2,1-2H3,(H2,22,23). The minimum atomic E-state index is -0.294. The third kappa shape index (κ3) is 7.14. The molecule has 0 radical (unpaired) electrons. The number of ether oxygens (including phenoxy) is 1. The van der Waals surface area contributed by atoms with Crippen molar-refractivity contribution in [2.75, 3.05) is 6.61 Å². The van der Waals surface area contributed by atoms with Gasteiger partial charge in [-0.3, -0.25) is 4.79 Å². The van der Waals surface area contributed by atoms with E-state index in [0.29, 0.717) is 25.4 Å². The van der Waals surface area contributed by atoms with E-state index < -0.39 is 0 Å². The number of carbonyl (C=O) groups excluding carboxylic acids is 1. The number of benzene rings is 1. The van der Waals surface area contributed by atoms with E-state index in [1.54, 1.807) is 0 Å². The number of nitrogens with two attached hydrogens (primary N) is 1. The molecule has 2 aromatic rings. The summed E-state index contributed by atoms with van der Waals surface area (Å²) in [7, 11) is 0. The molecule has 1 amide bonds. The van der Waals surface area contributed by atoms with E-state index in [2.05, 4.69) is 32.0 Å². The van der Waals surface area contributed by atoms with Gasteiger partial charge < -0.3 is 14.9 Å². The summed E-state index contributed by atoms with van der Waals surface area (Å²) in [5.41, 5.74) is 7.66. The van der Waals surface area contributed by atoms with E-state index in [-0.39, 0.29) is 5.91 Å². The van der Waals surface area contributed by atoms with Crippen LogP contribution in [0.3, 0.4) is 0 Å². The van der Waals surface area contributed by atoms with Gasteiger partial charge in [0.05, 0.1) is 6.61 Å². The van der Waals surface area contributed by atoms with Crippen molar-refractivity contribution in [2.24, 2.45) is 11.7 Å². The molecule has 0 spiro atoms. The van der Waals surface area contributed by atoms with Crippen molar-refractivity contribution in [1.82, 2.24) is 0 Å². The fraction of sp³-hybridized carbons (Fsp3) is 0.476. The highest BCUT2D eigenvalue weighted by atomic mass is 16.5. The topological polar surface area (TPSA) is 65.5 Å². The molecule has 0 saturated heterocycles. The molecule has 2 N–H and O–H groups in total. The number of aryl methyl sites for hydroxylation is 2. The summed E-state index contributed by atoms with van der Waals surface area (Å²) in [5, 5.41) is 0. The van der Waals surface area contributed by atoms with E-state index in [9.17, 15) is 4.79 Å². The Morgan fingerprint density at radius 3 is 2.64 bits per heavy atom. The van der Waals surface area contributed by atoms with Gasteiger partial charge in [-0.1, -0.05) is 44.2 Å². The van der Waals surface area contributed by atoms with Crippen LogP contribution >= 0.6 is 0 Å². The Bertz CT molecular complexity index is 646. The number of furan rings is 1. The summed E-state index contributed by atoms with van der Waals surface area (Å²) in [6.45, 7) is 5.73. The van der Waals surface area contributed by atoms with Gasteiger partial charge in [0.15, 0.2) is 0 Å². The summed E-state index contributed by atoms with van der Waals surface area (Å²) in [5.74, 6) is 2.13. The molecule has 1 heterocycles. The quantitative estimate of drug-likeness (QED) is 0.626. The average molecular weight is 343 g/mol. The molecule has 4 heteroatoms. The predicted octanol–water partition coefficient (Wildman–Crippen LogP) is 4.05. The molecule has 4 nitrogen and oxygen atoms in total. The highest BCUT2D eigenvalue weighted by molar-refractivity contribution is 5.73. The zero-order valence-corrected chi connectivity index (χ0v) is 15.3. The molecule has 0 aliphatic rings. The maximum absolute atomic E-state index is 11.0. The first kappa shape index (κ1) is 19.3. The Balaban J connectivity index is 1.82. The minimum Gasteiger partial charge on any atom is -0.466 e. The van der Waals surface area contributed by atoms with Crippen molar-refractivity contribution in [3.05, 3.63) is 59.0 Å². The molecule has 0 fully saturated rings. The zero-order chi connectivity index (χ0) is 18.1. The highest BCUT2D eigenvalue weighted by Gasteiger charge is 2.13. The number of hydrogen-bond donors (Lipinski definition) is 1. The summed E-state index contributed by atoms with van der Waals surface area (Å²) < 4.78 is 11.7. The molecule has 0 bridgehead atoms. The van der Waals surface area contributed by atoms with Crippen LogP contribution in [0.5, 0.6) is 0 Å². The Hall–Kier alpha value is -2.07. The average Bonchev–Trinajstić information content (AvgIpc) is 2.95. The first-order valence-corrected chi connectivity index (χ1v) is 9.05. The van der Waals surface area contributed by atoms with Gasteiger partial charge in [-0.2, -0.15) is 0 Å². The van der Waals surface area contributed by atoms with Gasteiger partial charge >= 0.3 is 0 Å². The van der Waals surface area contributed by atoms with Crippen molar-refractivity contribution >= 4 is 5.91 Å². The number of amides is 1. The van der Waals surface area contributed by atoms with Crippen molar-refractivity contribution in [1.29, 1.82) is 0 Å². The molecule has 0 saturated carbocycles. The van der Waals surface area contributed by atoms with Crippen LogP contribution in [0.15, 0.2) is 40.8 Å². The Kier molecular flexibility index (Phi) is 7.74. The first-order valence-electron chi connectivity index (χ1n) is 9.05. The summed E-state index contributed by atoms with van der Waals surface area (Å²) in [6.07, 6.45) is 3.69. The summed E-state index contributed by atoms with van der Waals surface area (Å²) in [6, 6.07) is 12.3. The lowest BCUT2D eigenvalue weighted by atomic mass is 10.0. The lowest BCUT2D eigenvalue weighted by Gasteiger charge is -2.06. The zero-order valence-electron chi connectivity index (χ0n) is 15.3. The van der Waals surface area contributed by atoms with Crippen LogP contribution in [0.1, 0.15) is 49.3 Å². The normalized spacial score (nSPS) is 11.2. The van der Waals surface area contributed by atoms with Gasteiger partial charge in [0.1, 0.15) is 11.5 Å². The lowest BCUT2D eigenvalue weighted by molar-refractivity contribution is -0.118. The van der Waals surface area contributed by atoms with Gasteiger partial charge in [-0.05, 0) is 36.0 Å². The van der Waals surface area contributed by atoms with Crippen molar-refractivity contribution in [3.8, 4) is 0 Å². The molecule has 1 aromatic heterocycles. The SMILES string of the molecule is CC(C)Cc1oc(CCC(N)=O)cc1CCCOCc1ccccc1. The van der Waals surface area contributed by atoms with Crippen LogP contribution in [0, 0.1) is 5.92 Å². The maximum atomic E-state index is 11.0. The fourth-order valence-electron chi connectivity index (χ4n) is 2.78. The van der Waals surface area contributed by atoms with E-state index in [1.807, 2.05) is 18.2 Å². The molecule has 1 aromatic carbocycles. The van der Waals surface area contributed by atoms with Gasteiger partial charge in [0.2, 0.25) is 5.91 Å². The van der Waals surface area contributed by atoms with Crippen molar-refractivity contribution < 1.29 is 13.9 Å². The summed E-state index contributed by atoms with van der Waals surface area (Å²) >= 11 is 0. The van der Waals surface area contributed by atoms with Crippen LogP contribution in [0.25, 0.3) is 0 Å². The Morgan fingerprint density at radius 1 is 1.20 bits per heavy atom. The molecule has 25 heavy (non-hydrogen) atoms.